The van der Waals surface area contributed by atoms with Crippen LogP contribution in [0.5, 0.6) is 5.75 Å². The van der Waals surface area contributed by atoms with Crippen molar-refractivity contribution in [2.24, 2.45) is 5.10 Å². The molecule has 0 fully saturated rings. The van der Waals surface area contributed by atoms with Crippen molar-refractivity contribution >= 4 is 17.5 Å². The number of nitrogens with one attached hydrogen (secondary N) is 1. The van der Waals surface area contributed by atoms with E-state index in [1.54, 1.807) is 0 Å². The molecule has 0 saturated carbocycles. The van der Waals surface area contributed by atoms with Gasteiger partial charge in [-0.15, -0.1) is 0 Å². The van der Waals surface area contributed by atoms with E-state index in [1.165, 1.54) is 16.8 Å². The van der Waals surface area contributed by atoms with Gasteiger partial charge in [-0.1, -0.05) is 48.5 Å². The lowest BCUT2D eigenvalue weighted by Gasteiger charge is -2.13. The summed E-state index contributed by atoms with van der Waals surface area (Å²) in [6.07, 6.45) is 1.53. The van der Waals surface area contributed by atoms with Crippen LogP contribution in [0.3, 0.4) is 0 Å². The molecular weight excluding hydrogens is 376 g/mol. The lowest BCUT2D eigenvalue weighted by molar-refractivity contribution is 0.341. The molecule has 0 atom stereocenters. The minimum absolute atomic E-state index is 0.262. The van der Waals surface area contributed by atoms with Crippen molar-refractivity contribution in [2.75, 3.05) is 11.9 Å². The molecule has 1 heterocycles. The van der Waals surface area contributed by atoms with Crippen molar-refractivity contribution in [3.63, 3.8) is 0 Å². The van der Waals surface area contributed by atoms with E-state index in [1.807, 2.05) is 69.3 Å². The first-order valence-corrected chi connectivity index (χ1v) is 9.85. The Kier molecular flexibility index (Phi) is 6.80. The summed E-state index contributed by atoms with van der Waals surface area (Å²) in [4.78, 5) is 17.3. The highest BCUT2D eigenvalue weighted by atomic mass is 16.5. The molecule has 0 aliphatic rings. The number of aromatic nitrogens is 2. The molecule has 0 unspecified atom stereocenters. The van der Waals surface area contributed by atoms with Crippen LogP contribution in [0, 0.1) is 6.92 Å². The lowest BCUT2D eigenvalue weighted by Crippen LogP contribution is -2.23. The Labute approximate surface area is 176 Å². The van der Waals surface area contributed by atoms with Crippen LogP contribution < -0.4 is 15.6 Å². The zero-order valence-electron chi connectivity index (χ0n) is 17.6. The standard InChI is InChI=1S/C24H26N4O2/c1-5-23-26-20(16-25-21-12-7-8-13-22(21)30-6-2)15-24(29)28(23)27-18(4)19-11-9-10-17(3)14-19/h5,7-15,25H,1,6,16H2,2-4H3. The normalized spacial score (nSPS) is 11.2. The van der Waals surface area contributed by atoms with E-state index in [2.05, 4.69) is 22.0 Å². The number of ether oxygens (including phenoxy) is 1. The summed E-state index contributed by atoms with van der Waals surface area (Å²) in [7, 11) is 0. The monoisotopic (exact) mass is 402 g/mol. The zero-order chi connectivity index (χ0) is 21.5. The van der Waals surface area contributed by atoms with Gasteiger partial charge in [0.1, 0.15) is 5.75 Å². The Hall–Kier alpha value is -3.67. The molecule has 0 amide bonds. The van der Waals surface area contributed by atoms with Crippen molar-refractivity contribution < 1.29 is 4.74 Å². The predicted octanol–water partition coefficient (Wildman–Crippen LogP) is 4.48. The highest BCUT2D eigenvalue weighted by Crippen LogP contribution is 2.24. The first-order chi connectivity index (χ1) is 14.5. The first kappa shape index (κ1) is 21.0. The van der Waals surface area contributed by atoms with Crippen LogP contribution >= 0.6 is 0 Å². The Morgan fingerprint density at radius 1 is 1.23 bits per heavy atom. The Balaban J connectivity index is 1.87. The van der Waals surface area contributed by atoms with Gasteiger partial charge in [-0.2, -0.15) is 9.78 Å². The van der Waals surface area contributed by atoms with Gasteiger partial charge in [0.15, 0.2) is 5.82 Å². The Bertz CT molecular complexity index is 1130. The van der Waals surface area contributed by atoms with Gasteiger partial charge >= 0.3 is 0 Å². The van der Waals surface area contributed by atoms with Crippen LogP contribution in [0.15, 0.2) is 71.1 Å². The fourth-order valence-electron chi connectivity index (χ4n) is 3.02. The van der Waals surface area contributed by atoms with Crippen LogP contribution in [0.1, 0.15) is 36.5 Å². The molecule has 6 nitrogen and oxygen atoms in total. The molecule has 2 aromatic carbocycles. The third kappa shape index (κ3) is 5.03. The van der Waals surface area contributed by atoms with Crippen molar-refractivity contribution in [1.29, 1.82) is 0 Å². The molecule has 0 aliphatic carbocycles. The quantitative estimate of drug-likeness (QED) is 0.564. The highest BCUT2D eigenvalue weighted by Gasteiger charge is 2.09. The maximum atomic E-state index is 12.7. The predicted molar refractivity (Wildman–Crippen MR) is 122 cm³/mol. The van der Waals surface area contributed by atoms with E-state index in [0.29, 0.717) is 24.7 Å². The second-order valence-corrected chi connectivity index (χ2v) is 6.80. The van der Waals surface area contributed by atoms with E-state index < -0.39 is 0 Å². The largest absolute Gasteiger partial charge is 0.492 e. The van der Waals surface area contributed by atoms with E-state index in [4.69, 9.17) is 4.74 Å². The summed E-state index contributed by atoms with van der Waals surface area (Å²) < 4.78 is 6.90. The van der Waals surface area contributed by atoms with Crippen molar-refractivity contribution in [1.82, 2.24) is 9.66 Å². The van der Waals surface area contributed by atoms with Crippen LogP contribution in [0.2, 0.25) is 0 Å². The molecule has 3 rings (SSSR count). The number of hydrogen-bond acceptors (Lipinski definition) is 5. The molecule has 0 aliphatic heterocycles. The maximum absolute atomic E-state index is 12.7. The van der Waals surface area contributed by atoms with Gasteiger partial charge in [-0.25, -0.2) is 4.98 Å². The molecule has 1 N–H and O–H groups in total. The second-order valence-electron chi connectivity index (χ2n) is 6.80. The average Bonchev–Trinajstić information content (AvgIpc) is 2.74. The average molecular weight is 402 g/mol. The second kappa shape index (κ2) is 9.69. The van der Waals surface area contributed by atoms with Gasteiger partial charge in [0.2, 0.25) is 0 Å². The summed E-state index contributed by atoms with van der Waals surface area (Å²) in [6, 6.07) is 17.1. The Morgan fingerprint density at radius 2 is 2.03 bits per heavy atom. The lowest BCUT2D eigenvalue weighted by atomic mass is 10.1. The minimum atomic E-state index is -0.262. The molecule has 1 aromatic heterocycles. The summed E-state index contributed by atoms with van der Waals surface area (Å²) in [5.74, 6) is 1.15. The van der Waals surface area contributed by atoms with E-state index in [-0.39, 0.29) is 5.56 Å². The zero-order valence-corrected chi connectivity index (χ0v) is 17.6. The molecule has 0 bridgehead atoms. The smallest absolute Gasteiger partial charge is 0.274 e. The van der Waals surface area contributed by atoms with Crippen LogP contribution in [0.4, 0.5) is 5.69 Å². The number of hydrogen-bond donors (Lipinski definition) is 1. The van der Waals surface area contributed by atoms with Crippen LogP contribution in [0.25, 0.3) is 6.08 Å². The van der Waals surface area contributed by atoms with Crippen molar-refractivity contribution in [2.45, 2.75) is 27.3 Å². The number of nitrogens with zero attached hydrogens (tertiary/aromatic N) is 3. The third-order valence-corrected chi connectivity index (χ3v) is 4.49. The van der Waals surface area contributed by atoms with Crippen LogP contribution in [-0.4, -0.2) is 22.0 Å². The van der Waals surface area contributed by atoms with Gasteiger partial charge in [0.05, 0.1) is 30.2 Å². The SMILES string of the molecule is C=Cc1nc(CNc2ccccc2OCC)cc(=O)n1N=C(C)c1cccc(C)c1. The molecule has 0 radical (unpaired) electrons. The number of rotatable bonds is 8. The van der Waals surface area contributed by atoms with Crippen molar-refractivity contribution in [3.8, 4) is 5.75 Å². The summed E-state index contributed by atoms with van der Waals surface area (Å²) >= 11 is 0. The molecule has 6 heteroatoms. The van der Waals surface area contributed by atoms with E-state index in [9.17, 15) is 4.79 Å². The molecule has 0 saturated heterocycles. The summed E-state index contributed by atoms with van der Waals surface area (Å²) in [5, 5.41) is 7.76. The molecular formula is C24H26N4O2. The summed E-state index contributed by atoms with van der Waals surface area (Å²) in [5.41, 5.74) is 3.99. The van der Waals surface area contributed by atoms with E-state index >= 15 is 0 Å². The van der Waals surface area contributed by atoms with Gasteiger partial charge in [0.25, 0.3) is 5.56 Å². The molecule has 154 valence electrons. The number of aryl methyl sites for hydroxylation is 1. The molecule has 3 aromatic rings. The Morgan fingerprint density at radius 3 is 2.77 bits per heavy atom. The van der Waals surface area contributed by atoms with Gasteiger partial charge in [0, 0.05) is 6.07 Å². The number of para-hydroxylation sites is 2. The maximum Gasteiger partial charge on any atom is 0.274 e. The number of benzene rings is 2. The summed E-state index contributed by atoms with van der Waals surface area (Å²) in [6.45, 7) is 10.6. The fourth-order valence-corrected chi connectivity index (χ4v) is 3.02. The van der Waals surface area contributed by atoms with Crippen molar-refractivity contribution in [3.05, 3.63) is 94.2 Å². The molecule has 0 spiro atoms. The minimum Gasteiger partial charge on any atom is -0.492 e. The van der Waals surface area contributed by atoms with Gasteiger partial charge in [-0.3, -0.25) is 4.79 Å². The van der Waals surface area contributed by atoms with Crippen LogP contribution in [-0.2, 0) is 6.54 Å². The fraction of sp³-hybridized carbons (Fsp3) is 0.208. The highest BCUT2D eigenvalue weighted by molar-refractivity contribution is 5.98. The van der Waals surface area contributed by atoms with Gasteiger partial charge < -0.3 is 10.1 Å². The van der Waals surface area contributed by atoms with E-state index in [0.717, 1.165) is 28.3 Å². The third-order valence-electron chi connectivity index (χ3n) is 4.49. The van der Waals surface area contributed by atoms with Gasteiger partial charge in [-0.05, 0) is 44.5 Å². The topological polar surface area (TPSA) is 68.5 Å². The number of anilines is 1. The molecule has 30 heavy (non-hydrogen) atoms. The first-order valence-electron chi connectivity index (χ1n) is 9.85.